The van der Waals surface area contributed by atoms with E-state index in [-0.39, 0.29) is 17.7 Å². The molecular formula is C18H23N5O2S. The molecule has 2 N–H and O–H groups in total. The lowest BCUT2D eigenvalue weighted by atomic mass is 9.96. The van der Waals surface area contributed by atoms with Crippen molar-refractivity contribution in [3.63, 3.8) is 0 Å². The average Bonchev–Trinajstić information content (AvgIpc) is 3.00. The van der Waals surface area contributed by atoms with Gasteiger partial charge in [-0.15, -0.1) is 10.2 Å². The summed E-state index contributed by atoms with van der Waals surface area (Å²) >= 11 is 1.38. The van der Waals surface area contributed by atoms with Crippen LogP contribution in [0.25, 0.3) is 11.4 Å². The van der Waals surface area contributed by atoms with Gasteiger partial charge in [-0.3, -0.25) is 9.59 Å². The van der Waals surface area contributed by atoms with E-state index in [0.29, 0.717) is 36.8 Å². The van der Waals surface area contributed by atoms with E-state index < -0.39 is 0 Å². The number of carbonyl (C=O) groups is 2. The Morgan fingerprint density at radius 1 is 1.27 bits per heavy atom. The van der Waals surface area contributed by atoms with Crippen LogP contribution in [0.5, 0.6) is 0 Å². The van der Waals surface area contributed by atoms with Crippen LogP contribution in [-0.4, -0.2) is 50.3 Å². The highest BCUT2D eigenvalue weighted by Crippen LogP contribution is 2.24. The largest absolute Gasteiger partial charge is 0.369 e. The lowest BCUT2D eigenvalue weighted by Crippen LogP contribution is -2.42. The fourth-order valence-corrected chi connectivity index (χ4v) is 3.92. The average molecular weight is 373 g/mol. The zero-order chi connectivity index (χ0) is 18.7. The number of nitrogens with two attached hydrogens (primary N) is 1. The van der Waals surface area contributed by atoms with Gasteiger partial charge in [-0.25, -0.2) is 0 Å². The van der Waals surface area contributed by atoms with Crippen molar-refractivity contribution in [1.82, 2.24) is 19.7 Å². The van der Waals surface area contributed by atoms with Gasteiger partial charge in [-0.05, 0) is 25.8 Å². The Bertz CT molecular complexity index is 812. The number of carbonyl (C=O) groups excluding carboxylic acids is 2. The summed E-state index contributed by atoms with van der Waals surface area (Å²) in [6.45, 7) is 3.20. The Hall–Kier alpha value is -2.35. The first-order chi connectivity index (χ1) is 12.5. The molecule has 0 saturated carbocycles. The molecule has 1 aromatic carbocycles. The zero-order valence-electron chi connectivity index (χ0n) is 15.0. The zero-order valence-corrected chi connectivity index (χ0v) is 15.8. The second-order valence-electron chi connectivity index (χ2n) is 6.58. The summed E-state index contributed by atoms with van der Waals surface area (Å²) in [6, 6.07) is 8.09. The molecule has 7 nitrogen and oxygen atoms in total. The third-order valence-corrected chi connectivity index (χ3v) is 5.69. The molecule has 26 heavy (non-hydrogen) atoms. The van der Waals surface area contributed by atoms with Crippen LogP contribution in [0.2, 0.25) is 0 Å². The first-order valence-corrected chi connectivity index (χ1v) is 9.60. The van der Waals surface area contributed by atoms with Crippen molar-refractivity contribution in [1.29, 1.82) is 0 Å². The molecule has 0 spiro atoms. The molecule has 0 radical (unpaired) electrons. The van der Waals surface area contributed by atoms with E-state index in [1.165, 1.54) is 11.8 Å². The minimum absolute atomic E-state index is 0.0537. The maximum Gasteiger partial charge on any atom is 0.233 e. The molecule has 8 heteroatoms. The number of likely N-dealkylation sites (tertiary alicyclic amines) is 1. The monoisotopic (exact) mass is 373 g/mol. The molecule has 138 valence electrons. The van der Waals surface area contributed by atoms with Gasteiger partial charge in [0.1, 0.15) is 0 Å². The van der Waals surface area contributed by atoms with E-state index in [9.17, 15) is 9.59 Å². The molecule has 0 unspecified atom stereocenters. The summed E-state index contributed by atoms with van der Waals surface area (Å²) in [5, 5.41) is 9.19. The number of hydrogen-bond donors (Lipinski definition) is 1. The summed E-state index contributed by atoms with van der Waals surface area (Å²) in [5.41, 5.74) is 7.50. The molecule has 2 amide bonds. The lowest BCUT2D eigenvalue weighted by molar-refractivity contribution is -0.132. The predicted molar refractivity (Wildman–Crippen MR) is 100 cm³/mol. The maximum absolute atomic E-state index is 12.4. The van der Waals surface area contributed by atoms with Gasteiger partial charge in [0.2, 0.25) is 11.8 Å². The summed E-state index contributed by atoms with van der Waals surface area (Å²) in [7, 11) is 1.91. The Balaban J connectivity index is 1.59. The van der Waals surface area contributed by atoms with E-state index in [1.54, 1.807) is 4.90 Å². The van der Waals surface area contributed by atoms with Crippen molar-refractivity contribution in [2.75, 3.05) is 18.8 Å². The van der Waals surface area contributed by atoms with Gasteiger partial charge in [0.25, 0.3) is 0 Å². The Morgan fingerprint density at radius 3 is 2.65 bits per heavy atom. The van der Waals surface area contributed by atoms with Crippen LogP contribution >= 0.6 is 11.8 Å². The minimum Gasteiger partial charge on any atom is -0.369 e. The van der Waals surface area contributed by atoms with Gasteiger partial charge >= 0.3 is 0 Å². The van der Waals surface area contributed by atoms with Gasteiger partial charge < -0.3 is 15.2 Å². The molecule has 0 bridgehead atoms. The summed E-state index contributed by atoms with van der Waals surface area (Å²) in [5.74, 6) is 0.765. The van der Waals surface area contributed by atoms with E-state index in [1.807, 2.05) is 36.7 Å². The van der Waals surface area contributed by atoms with Crippen molar-refractivity contribution in [2.45, 2.75) is 24.9 Å². The molecule has 1 saturated heterocycles. The van der Waals surface area contributed by atoms with Crippen molar-refractivity contribution in [3.8, 4) is 11.4 Å². The normalized spacial score (nSPS) is 15.2. The Labute approximate surface area is 157 Å². The van der Waals surface area contributed by atoms with Crippen LogP contribution < -0.4 is 5.73 Å². The molecule has 1 aromatic heterocycles. The molecule has 2 aromatic rings. The number of benzene rings is 1. The van der Waals surface area contributed by atoms with Crippen molar-refractivity contribution >= 4 is 23.6 Å². The van der Waals surface area contributed by atoms with Gasteiger partial charge in [-0.1, -0.05) is 35.5 Å². The van der Waals surface area contributed by atoms with Crippen molar-refractivity contribution in [3.05, 3.63) is 29.8 Å². The molecule has 0 atom stereocenters. The van der Waals surface area contributed by atoms with Crippen LogP contribution in [0.1, 0.15) is 18.4 Å². The van der Waals surface area contributed by atoms with E-state index in [0.717, 1.165) is 17.0 Å². The maximum atomic E-state index is 12.4. The highest BCUT2D eigenvalue weighted by Gasteiger charge is 2.26. The highest BCUT2D eigenvalue weighted by molar-refractivity contribution is 7.99. The fraction of sp³-hybridized carbons (Fsp3) is 0.444. The number of piperidine rings is 1. The fourth-order valence-electron chi connectivity index (χ4n) is 3.11. The molecule has 1 fully saturated rings. The second-order valence-corrected chi connectivity index (χ2v) is 7.52. The topological polar surface area (TPSA) is 94.1 Å². The number of nitrogens with zero attached hydrogens (tertiary/aromatic N) is 4. The summed E-state index contributed by atoms with van der Waals surface area (Å²) in [4.78, 5) is 25.4. The molecule has 1 aliphatic rings. The van der Waals surface area contributed by atoms with Gasteiger partial charge in [-0.2, -0.15) is 0 Å². The van der Waals surface area contributed by atoms with Crippen LogP contribution in [0.3, 0.4) is 0 Å². The Kier molecular flexibility index (Phi) is 5.61. The highest BCUT2D eigenvalue weighted by atomic mass is 32.2. The number of primary amides is 1. The quantitative estimate of drug-likeness (QED) is 0.804. The number of thioether (sulfide) groups is 1. The number of rotatable bonds is 5. The van der Waals surface area contributed by atoms with Crippen LogP contribution in [0.15, 0.2) is 29.4 Å². The number of amides is 2. The first kappa shape index (κ1) is 18.4. The lowest BCUT2D eigenvalue weighted by Gasteiger charge is -2.30. The summed E-state index contributed by atoms with van der Waals surface area (Å²) in [6.07, 6.45) is 1.29. The standard InChI is InChI=1S/C18H23N5O2S/c1-12-4-3-5-14(10-12)17-20-21-18(22(17)2)26-11-15(24)23-8-6-13(7-9-23)16(19)25/h3-5,10,13H,6-9,11H2,1-2H3,(H2,19,25). The minimum atomic E-state index is -0.269. The van der Waals surface area contributed by atoms with E-state index in [4.69, 9.17) is 5.73 Å². The number of aromatic nitrogens is 3. The molecular weight excluding hydrogens is 350 g/mol. The second kappa shape index (κ2) is 7.90. The predicted octanol–water partition coefficient (Wildman–Crippen LogP) is 1.61. The molecule has 2 heterocycles. The van der Waals surface area contributed by atoms with E-state index >= 15 is 0 Å². The van der Waals surface area contributed by atoms with Gasteiger partial charge in [0.05, 0.1) is 5.75 Å². The molecule has 1 aliphatic heterocycles. The van der Waals surface area contributed by atoms with Crippen LogP contribution in [-0.2, 0) is 16.6 Å². The third-order valence-electron chi connectivity index (χ3n) is 4.69. The molecule has 0 aliphatic carbocycles. The van der Waals surface area contributed by atoms with E-state index in [2.05, 4.69) is 16.3 Å². The first-order valence-electron chi connectivity index (χ1n) is 8.62. The number of hydrogen-bond acceptors (Lipinski definition) is 5. The third kappa shape index (κ3) is 4.07. The summed E-state index contributed by atoms with van der Waals surface area (Å²) < 4.78 is 1.91. The smallest absolute Gasteiger partial charge is 0.233 e. The van der Waals surface area contributed by atoms with Gasteiger partial charge in [0, 0.05) is 31.6 Å². The SMILES string of the molecule is Cc1cccc(-c2nnc(SCC(=O)N3CCC(C(N)=O)CC3)n2C)c1. The van der Waals surface area contributed by atoms with Crippen LogP contribution in [0.4, 0.5) is 0 Å². The van der Waals surface area contributed by atoms with Crippen molar-refractivity contribution in [2.24, 2.45) is 18.7 Å². The molecule has 3 rings (SSSR count). The number of aryl methyl sites for hydroxylation is 1. The Morgan fingerprint density at radius 2 is 2.00 bits per heavy atom. The van der Waals surface area contributed by atoms with Crippen LogP contribution in [0, 0.1) is 12.8 Å². The van der Waals surface area contributed by atoms with Crippen molar-refractivity contribution < 1.29 is 9.59 Å². The van der Waals surface area contributed by atoms with Gasteiger partial charge in [0.15, 0.2) is 11.0 Å².